The Morgan fingerprint density at radius 3 is 2.71 bits per heavy atom. The molecule has 0 heterocycles. The molecule has 0 saturated carbocycles. The van der Waals surface area contributed by atoms with E-state index < -0.39 is 16.4 Å². The Labute approximate surface area is 83.4 Å². The molecular weight excluding hydrogens is 213 g/mol. The number of hydrogen-bond donors (Lipinski definition) is 0. The zero-order valence-electron chi connectivity index (χ0n) is 6.87. The third-order valence-electron chi connectivity index (χ3n) is 1.65. The number of aldehydes is 1. The number of nitro groups is 1. The smallest absolute Gasteiger partial charge is 0.288 e. The van der Waals surface area contributed by atoms with E-state index in [0.29, 0.717) is 6.29 Å². The summed E-state index contributed by atoms with van der Waals surface area (Å²) in [5, 5.41) is 10.1. The van der Waals surface area contributed by atoms with Gasteiger partial charge in [-0.1, -0.05) is 11.6 Å². The van der Waals surface area contributed by atoms with Crippen molar-refractivity contribution >= 4 is 23.6 Å². The molecule has 4 nitrogen and oxygen atoms in total. The summed E-state index contributed by atoms with van der Waals surface area (Å²) in [5.74, 6) is -0.715. The third kappa shape index (κ3) is 1.88. The summed E-state index contributed by atoms with van der Waals surface area (Å²) in [5.41, 5.74) is -0.541. The molecule has 0 aromatic heterocycles. The van der Waals surface area contributed by atoms with Crippen molar-refractivity contribution in [2.75, 3.05) is 0 Å². The molecule has 0 radical (unpaired) electrons. The van der Waals surface area contributed by atoms with Crippen molar-refractivity contribution in [1.82, 2.24) is 0 Å². The van der Waals surface area contributed by atoms with E-state index in [1.54, 1.807) is 0 Å². The number of benzene rings is 1. The molecule has 0 atom stereocenters. The van der Waals surface area contributed by atoms with Gasteiger partial charge in [-0.25, -0.2) is 4.39 Å². The number of rotatable bonds is 3. The number of halogens is 2. The highest BCUT2D eigenvalue weighted by molar-refractivity contribution is 6.33. The maximum Gasteiger partial charge on any atom is 0.288 e. The van der Waals surface area contributed by atoms with Crippen LogP contribution in [0.3, 0.4) is 0 Å². The minimum absolute atomic E-state index is 0.143. The molecule has 0 amide bonds. The number of nitrogens with zero attached hydrogens (tertiary/aromatic N) is 1. The average molecular weight is 218 g/mol. The van der Waals surface area contributed by atoms with Gasteiger partial charge in [0.15, 0.2) is 0 Å². The van der Waals surface area contributed by atoms with Crippen LogP contribution in [0.25, 0.3) is 0 Å². The molecule has 0 aliphatic heterocycles. The summed E-state index contributed by atoms with van der Waals surface area (Å²) in [6, 6.07) is 1.88. The van der Waals surface area contributed by atoms with E-state index in [2.05, 4.69) is 0 Å². The number of nitro benzene ring substituents is 1. The summed E-state index contributed by atoms with van der Waals surface area (Å²) in [6.45, 7) is 0. The molecule has 1 aromatic carbocycles. The molecule has 0 aliphatic carbocycles. The van der Waals surface area contributed by atoms with Crippen molar-refractivity contribution in [1.29, 1.82) is 0 Å². The molecule has 0 N–H and O–H groups in total. The predicted molar refractivity (Wildman–Crippen MR) is 47.8 cm³/mol. The molecule has 14 heavy (non-hydrogen) atoms. The molecule has 74 valence electrons. The first-order valence-electron chi connectivity index (χ1n) is 3.62. The van der Waals surface area contributed by atoms with Gasteiger partial charge < -0.3 is 4.79 Å². The van der Waals surface area contributed by atoms with Crippen LogP contribution in [0.15, 0.2) is 12.1 Å². The van der Waals surface area contributed by atoms with Gasteiger partial charge in [0.25, 0.3) is 5.69 Å². The van der Waals surface area contributed by atoms with E-state index in [-0.39, 0.29) is 17.0 Å². The second-order valence-corrected chi connectivity index (χ2v) is 2.86. The molecule has 0 unspecified atom stereocenters. The van der Waals surface area contributed by atoms with Crippen LogP contribution in [0.5, 0.6) is 0 Å². The molecule has 1 rings (SSSR count). The summed E-state index contributed by atoms with van der Waals surface area (Å²) in [7, 11) is 0. The quantitative estimate of drug-likeness (QED) is 0.443. The SMILES string of the molecule is O=CCc1c(F)ccc([N+](=O)[O-])c1Cl. The van der Waals surface area contributed by atoms with Crippen LogP contribution in [-0.4, -0.2) is 11.2 Å². The molecule has 0 saturated heterocycles. The van der Waals surface area contributed by atoms with E-state index in [4.69, 9.17) is 11.6 Å². The van der Waals surface area contributed by atoms with E-state index in [1.807, 2.05) is 0 Å². The molecular formula is C8H5ClFNO3. The Kier molecular flexibility index (Phi) is 3.14. The van der Waals surface area contributed by atoms with Gasteiger partial charge in [0.2, 0.25) is 0 Å². The number of carbonyl (C=O) groups is 1. The van der Waals surface area contributed by atoms with E-state index in [9.17, 15) is 19.3 Å². The molecule has 0 spiro atoms. The van der Waals surface area contributed by atoms with Crippen LogP contribution in [-0.2, 0) is 11.2 Å². The largest absolute Gasteiger partial charge is 0.303 e. The maximum atomic E-state index is 13.0. The van der Waals surface area contributed by atoms with Crippen LogP contribution in [0.4, 0.5) is 10.1 Å². The van der Waals surface area contributed by atoms with Crippen molar-refractivity contribution in [2.24, 2.45) is 0 Å². The summed E-state index contributed by atoms with van der Waals surface area (Å²) >= 11 is 5.55. The molecule has 1 aromatic rings. The summed E-state index contributed by atoms with van der Waals surface area (Å²) in [6.07, 6.45) is 0.167. The molecule has 0 fully saturated rings. The lowest BCUT2D eigenvalue weighted by atomic mass is 10.1. The van der Waals surface area contributed by atoms with Crippen molar-refractivity contribution < 1.29 is 14.1 Å². The van der Waals surface area contributed by atoms with Crippen LogP contribution in [0, 0.1) is 15.9 Å². The molecule has 6 heteroatoms. The van der Waals surface area contributed by atoms with Gasteiger partial charge in [-0.2, -0.15) is 0 Å². The highest BCUT2D eigenvalue weighted by Crippen LogP contribution is 2.29. The predicted octanol–water partition coefficient (Wildman–Crippen LogP) is 2.13. The van der Waals surface area contributed by atoms with Gasteiger partial charge in [0.1, 0.15) is 17.1 Å². The summed E-state index contributed by atoms with van der Waals surface area (Å²) in [4.78, 5) is 19.8. The van der Waals surface area contributed by atoms with Gasteiger partial charge in [-0.3, -0.25) is 10.1 Å². The normalized spacial score (nSPS) is 9.86. The monoisotopic (exact) mass is 217 g/mol. The molecule has 0 aliphatic rings. The van der Waals surface area contributed by atoms with Crippen molar-refractivity contribution in [3.05, 3.63) is 38.7 Å². The van der Waals surface area contributed by atoms with Crippen molar-refractivity contribution in [3.8, 4) is 0 Å². The lowest BCUT2D eigenvalue weighted by Crippen LogP contribution is -1.97. The number of hydrogen-bond acceptors (Lipinski definition) is 3. The zero-order valence-corrected chi connectivity index (χ0v) is 7.62. The van der Waals surface area contributed by atoms with Crippen molar-refractivity contribution in [2.45, 2.75) is 6.42 Å². The second kappa shape index (κ2) is 4.15. The standard InChI is InChI=1S/C8H5ClFNO3/c9-8-5(3-4-12)6(10)1-2-7(8)11(13)14/h1-2,4H,3H2. The highest BCUT2D eigenvalue weighted by Gasteiger charge is 2.18. The fourth-order valence-corrected chi connectivity index (χ4v) is 1.30. The minimum Gasteiger partial charge on any atom is -0.303 e. The van der Waals surface area contributed by atoms with Gasteiger partial charge in [-0.15, -0.1) is 0 Å². The van der Waals surface area contributed by atoms with E-state index >= 15 is 0 Å². The van der Waals surface area contributed by atoms with Gasteiger partial charge in [0, 0.05) is 18.1 Å². The minimum atomic E-state index is -0.726. The Hall–Kier alpha value is -1.49. The lowest BCUT2D eigenvalue weighted by molar-refractivity contribution is -0.384. The van der Waals surface area contributed by atoms with Gasteiger partial charge in [-0.05, 0) is 6.07 Å². The first-order valence-corrected chi connectivity index (χ1v) is 4.00. The first-order chi connectivity index (χ1) is 6.57. The van der Waals surface area contributed by atoms with Crippen LogP contribution in [0.1, 0.15) is 5.56 Å². The Bertz CT molecular complexity index is 394. The van der Waals surface area contributed by atoms with Crippen molar-refractivity contribution in [3.63, 3.8) is 0 Å². The Balaban J connectivity index is 3.32. The Morgan fingerprint density at radius 2 is 2.21 bits per heavy atom. The van der Waals surface area contributed by atoms with Crippen LogP contribution < -0.4 is 0 Å². The van der Waals surface area contributed by atoms with Crippen LogP contribution in [0.2, 0.25) is 5.02 Å². The highest BCUT2D eigenvalue weighted by atomic mass is 35.5. The lowest BCUT2D eigenvalue weighted by Gasteiger charge is -2.02. The second-order valence-electron chi connectivity index (χ2n) is 2.49. The van der Waals surface area contributed by atoms with Gasteiger partial charge >= 0.3 is 0 Å². The fraction of sp³-hybridized carbons (Fsp3) is 0.125. The van der Waals surface area contributed by atoms with Crippen LogP contribution >= 0.6 is 11.6 Å². The fourth-order valence-electron chi connectivity index (χ4n) is 0.997. The summed E-state index contributed by atoms with van der Waals surface area (Å²) < 4.78 is 13.0. The van der Waals surface area contributed by atoms with E-state index in [0.717, 1.165) is 12.1 Å². The molecule has 0 bridgehead atoms. The third-order valence-corrected chi connectivity index (χ3v) is 2.07. The maximum absolute atomic E-state index is 13.0. The topological polar surface area (TPSA) is 60.2 Å². The Morgan fingerprint density at radius 1 is 1.57 bits per heavy atom. The first kappa shape index (κ1) is 10.6. The zero-order chi connectivity index (χ0) is 10.7. The van der Waals surface area contributed by atoms with Gasteiger partial charge in [0.05, 0.1) is 4.92 Å². The number of carbonyl (C=O) groups excluding carboxylic acids is 1. The average Bonchev–Trinajstić information content (AvgIpc) is 2.11. The van der Waals surface area contributed by atoms with E-state index in [1.165, 1.54) is 0 Å².